The molecule has 2 N–H and O–H groups in total. The van der Waals surface area contributed by atoms with Gasteiger partial charge in [0.25, 0.3) is 5.91 Å². The van der Waals surface area contributed by atoms with Crippen molar-refractivity contribution in [1.29, 1.82) is 0 Å². The first-order valence-electron chi connectivity index (χ1n) is 6.29. The number of carbonyl (C=O) groups is 1. The summed E-state index contributed by atoms with van der Waals surface area (Å²) in [7, 11) is 1.70. The second-order valence-corrected chi connectivity index (χ2v) is 4.26. The predicted molar refractivity (Wildman–Crippen MR) is 77.5 cm³/mol. The molecule has 0 fully saturated rings. The summed E-state index contributed by atoms with van der Waals surface area (Å²) in [5, 5.41) is 0. The van der Waals surface area contributed by atoms with E-state index in [1.54, 1.807) is 31.6 Å². The van der Waals surface area contributed by atoms with Crippen LogP contribution in [0.2, 0.25) is 0 Å². The molecule has 20 heavy (non-hydrogen) atoms. The molecule has 0 bridgehead atoms. The van der Waals surface area contributed by atoms with Gasteiger partial charge in [0.1, 0.15) is 5.75 Å². The van der Waals surface area contributed by atoms with Crippen LogP contribution in [0.15, 0.2) is 48.8 Å². The van der Waals surface area contributed by atoms with E-state index in [0.717, 1.165) is 11.3 Å². The second kappa shape index (κ2) is 6.68. The molecule has 1 aromatic carbocycles. The van der Waals surface area contributed by atoms with Gasteiger partial charge in [-0.3, -0.25) is 9.78 Å². The number of likely N-dealkylation sites (N-methyl/N-ethyl adjacent to an activating group) is 1. The Labute approximate surface area is 118 Å². The van der Waals surface area contributed by atoms with E-state index in [2.05, 4.69) is 4.98 Å². The third-order valence-electron chi connectivity index (χ3n) is 2.97. The summed E-state index contributed by atoms with van der Waals surface area (Å²) in [6, 6.07) is 11.0. The first-order valence-corrected chi connectivity index (χ1v) is 6.29. The van der Waals surface area contributed by atoms with Crippen molar-refractivity contribution in [3.05, 3.63) is 54.4 Å². The van der Waals surface area contributed by atoms with Crippen LogP contribution in [0, 0.1) is 0 Å². The Balaban J connectivity index is 1.99. The van der Waals surface area contributed by atoms with E-state index in [0.29, 0.717) is 12.3 Å². The van der Waals surface area contributed by atoms with Crippen molar-refractivity contribution in [2.75, 3.05) is 18.6 Å². The first kappa shape index (κ1) is 14.0. The Morgan fingerprint density at radius 3 is 2.65 bits per heavy atom. The molecule has 1 aromatic heterocycles. The number of aromatic nitrogens is 1. The van der Waals surface area contributed by atoms with E-state index in [9.17, 15) is 4.79 Å². The van der Waals surface area contributed by atoms with E-state index >= 15 is 0 Å². The fourth-order valence-electron chi connectivity index (χ4n) is 1.76. The summed E-state index contributed by atoms with van der Waals surface area (Å²) in [4.78, 5) is 17.5. The highest BCUT2D eigenvalue weighted by Gasteiger charge is 2.12. The van der Waals surface area contributed by atoms with Crippen LogP contribution in [0.25, 0.3) is 0 Å². The largest absolute Gasteiger partial charge is 0.483 e. The standard InChI is InChI=1S/C15H17N3O2/c1-18(13-6-8-17-9-7-13)15(19)11-20-14-5-3-2-4-12(14)10-16/h2-9H,10-11,16H2,1H3. The highest BCUT2D eigenvalue weighted by atomic mass is 16.5. The fourth-order valence-corrected chi connectivity index (χ4v) is 1.76. The Kier molecular flexibility index (Phi) is 4.68. The highest BCUT2D eigenvalue weighted by Crippen LogP contribution is 2.17. The van der Waals surface area contributed by atoms with E-state index in [-0.39, 0.29) is 12.5 Å². The van der Waals surface area contributed by atoms with Crippen molar-refractivity contribution in [3.63, 3.8) is 0 Å². The number of ether oxygens (including phenoxy) is 1. The van der Waals surface area contributed by atoms with Crippen molar-refractivity contribution in [1.82, 2.24) is 4.98 Å². The molecule has 0 spiro atoms. The SMILES string of the molecule is CN(C(=O)COc1ccccc1CN)c1ccncc1. The molecule has 0 aliphatic carbocycles. The van der Waals surface area contributed by atoms with Crippen molar-refractivity contribution in [3.8, 4) is 5.75 Å². The van der Waals surface area contributed by atoms with Crippen LogP contribution in [-0.2, 0) is 11.3 Å². The van der Waals surface area contributed by atoms with Gasteiger partial charge in [0.05, 0.1) is 0 Å². The zero-order valence-corrected chi connectivity index (χ0v) is 11.3. The van der Waals surface area contributed by atoms with Gasteiger partial charge in [-0.1, -0.05) is 18.2 Å². The summed E-state index contributed by atoms with van der Waals surface area (Å²) < 4.78 is 5.55. The molecular formula is C15H17N3O2. The van der Waals surface area contributed by atoms with Gasteiger partial charge in [0.2, 0.25) is 0 Å². The molecule has 5 heteroatoms. The summed E-state index contributed by atoms with van der Waals surface area (Å²) in [6.07, 6.45) is 3.29. The minimum absolute atomic E-state index is 0.0319. The number of nitrogens with zero attached hydrogens (tertiary/aromatic N) is 2. The average molecular weight is 271 g/mol. The molecule has 0 atom stereocenters. The number of benzene rings is 1. The lowest BCUT2D eigenvalue weighted by Gasteiger charge is -2.18. The van der Waals surface area contributed by atoms with E-state index in [1.165, 1.54) is 4.90 Å². The van der Waals surface area contributed by atoms with Crippen molar-refractivity contribution >= 4 is 11.6 Å². The maximum atomic E-state index is 12.1. The monoisotopic (exact) mass is 271 g/mol. The zero-order valence-electron chi connectivity index (χ0n) is 11.3. The summed E-state index contributed by atoms with van der Waals surface area (Å²) >= 11 is 0. The Hall–Kier alpha value is -2.40. The van der Waals surface area contributed by atoms with Gasteiger partial charge in [0, 0.05) is 37.2 Å². The predicted octanol–water partition coefficient (Wildman–Crippen LogP) is 1.58. The Bertz CT molecular complexity index is 572. The number of hydrogen-bond donors (Lipinski definition) is 1. The lowest BCUT2D eigenvalue weighted by Crippen LogP contribution is -2.31. The number of carbonyl (C=O) groups excluding carboxylic acids is 1. The topological polar surface area (TPSA) is 68.5 Å². The quantitative estimate of drug-likeness (QED) is 0.896. The van der Waals surface area contributed by atoms with Gasteiger partial charge in [-0.2, -0.15) is 0 Å². The summed E-state index contributed by atoms with van der Waals surface area (Å²) in [5.41, 5.74) is 7.29. The molecule has 104 valence electrons. The van der Waals surface area contributed by atoms with Crippen LogP contribution < -0.4 is 15.4 Å². The van der Waals surface area contributed by atoms with Crippen LogP contribution in [0.1, 0.15) is 5.56 Å². The molecule has 1 amide bonds. The van der Waals surface area contributed by atoms with Gasteiger partial charge in [-0.15, -0.1) is 0 Å². The first-order chi connectivity index (χ1) is 9.72. The van der Waals surface area contributed by atoms with E-state index < -0.39 is 0 Å². The number of anilines is 1. The highest BCUT2D eigenvalue weighted by molar-refractivity contribution is 5.93. The zero-order chi connectivity index (χ0) is 14.4. The number of amides is 1. The van der Waals surface area contributed by atoms with Crippen LogP contribution in [0.5, 0.6) is 5.75 Å². The maximum absolute atomic E-state index is 12.1. The van der Waals surface area contributed by atoms with Crippen molar-refractivity contribution < 1.29 is 9.53 Å². The van der Waals surface area contributed by atoms with E-state index in [4.69, 9.17) is 10.5 Å². The van der Waals surface area contributed by atoms with Crippen LogP contribution >= 0.6 is 0 Å². The van der Waals surface area contributed by atoms with Crippen LogP contribution in [0.4, 0.5) is 5.69 Å². The van der Waals surface area contributed by atoms with Crippen molar-refractivity contribution in [2.45, 2.75) is 6.54 Å². The molecule has 5 nitrogen and oxygen atoms in total. The fraction of sp³-hybridized carbons (Fsp3) is 0.200. The second-order valence-electron chi connectivity index (χ2n) is 4.26. The summed E-state index contributed by atoms with van der Waals surface area (Å²) in [6.45, 7) is 0.348. The van der Waals surface area contributed by atoms with Crippen molar-refractivity contribution in [2.24, 2.45) is 5.73 Å². The molecule has 1 heterocycles. The molecule has 0 aliphatic heterocycles. The third kappa shape index (κ3) is 3.33. The van der Waals surface area contributed by atoms with E-state index in [1.807, 2.05) is 24.3 Å². The van der Waals surface area contributed by atoms with Crippen LogP contribution in [0.3, 0.4) is 0 Å². The maximum Gasteiger partial charge on any atom is 0.264 e. The lowest BCUT2D eigenvalue weighted by atomic mass is 10.2. The van der Waals surface area contributed by atoms with Gasteiger partial charge >= 0.3 is 0 Å². The molecule has 0 saturated heterocycles. The van der Waals surface area contributed by atoms with Gasteiger partial charge in [-0.25, -0.2) is 0 Å². The molecule has 0 aliphatic rings. The molecule has 2 aromatic rings. The minimum Gasteiger partial charge on any atom is -0.483 e. The molecule has 0 unspecified atom stereocenters. The lowest BCUT2D eigenvalue weighted by molar-refractivity contribution is -0.120. The number of para-hydroxylation sites is 1. The number of rotatable bonds is 5. The average Bonchev–Trinajstić information content (AvgIpc) is 2.53. The number of pyridine rings is 1. The molecular weight excluding hydrogens is 254 g/mol. The number of hydrogen-bond acceptors (Lipinski definition) is 4. The molecule has 0 radical (unpaired) electrons. The van der Waals surface area contributed by atoms with Crippen LogP contribution in [-0.4, -0.2) is 24.5 Å². The smallest absolute Gasteiger partial charge is 0.264 e. The Morgan fingerprint density at radius 1 is 1.25 bits per heavy atom. The minimum atomic E-state index is -0.136. The molecule has 2 rings (SSSR count). The number of nitrogens with two attached hydrogens (primary N) is 1. The molecule has 0 saturated carbocycles. The summed E-state index contributed by atoms with van der Waals surface area (Å²) in [5.74, 6) is 0.509. The third-order valence-corrected chi connectivity index (χ3v) is 2.97. The normalized spacial score (nSPS) is 10.1. The Morgan fingerprint density at radius 2 is 1.95 bits per heavy atom. The van der Waals surface area contributed by atoms with Gasteiger partial charge in [-0.05, 0) is 18.2 Å². The van der Waals surface area contributed by atoms with Gasteiger partial charge < -0.3 is 15.4 Å². The van der Waals surface area contributed by atoms with Gasteiger partial charge in [0.15, 0.2) is 6.61 Å².